The zero-order valence-electron chi connectivity index (χ0n) is 18.2. The van der Waals surface area contributed by atoms with E-state index in [9.17, 15) is 13.2 Å². The molecule has 4 rings (SSSR count). The van der Waals surface area contributed by atoms with Gasteiger partial charge in [-0.2, -0.15) is 17.7 Å². The van der Waals surface area contributed by atoms with Crippen LogP contribution in [0.3, 0.4) is 0 Å². The van der Waals surface area contributed by atoms with Gasteiger partial charge in [-0.3, -0.25) is 0 Å². The molecule has 0 radical (unpaired) electrons. The van der Waals surface area contributed by atoms with E-state index in [4.69, 9.17) is 13.0 Å². The molecular formula is C24H23F3N2O3S. The number of aryl methyl sites for hydroxylation is 3. The molecule has 33 heavy (non-hydrogen) atoms. The molecule has 3 aromatic rings. The van der Waals surface area contributed by atoms with Crippen molar-refractivity contribution in [1.29, 1.82) is 0 Å². The van der Waals surface area contributed by atoms with Gasteiger partial charge in [0, 0.05) is 16.7 Å². The molecule has 174 valence electrons. The van der Waals surface area contributed by atoms with E-state index < -0.39 is 15.6 Å². The summed E-state index contributed by atoms with van der Waals surface area (Å²) in [5, 5.41) is 3.73. The van der Waals surface area contributed by atoms with Crippen molar-refractivity contribution in [2.24, 2.45) is 0 Å². The zero-order chi connectivity index (χ0) is 24.4. The highest BCUT2D eigenvalue weighted by Gasteiger charge is 2.37. The normalized spacial score (nSPS) is 15.5. The van der Waals surface area contributed by atoms with Crippen LogP contribution in [-0.4, -0.2) is 29.3 Å². The molecule has 1 unspecified atom stereocenters. The highest BCUT2D eigenvalue weighted by molar-refractivity contribution is 7.86. The first-order valence-corrected chi connectivity index (χ1v) is 11.4. The summed E-state index contributed by atoms with van der Waals surface area (Å²) in [6, 6.07) is 23.8. The van der Waals surface area contributed by atoms with Crippen LogP contribution in [0.1, 0.15) is 34.0 Å². The van der Waals surface area contributed by atoms with Gasteiger partial charge in [-0.15, -0.1) is 0 Å². The topological polar surface area (TPSA) is 72.2 Å². The number of hydrogen-bond acceptors (Lipinski definition) is 4. The van der Waals surface area contributed by atoms with Crippen LogP contribution in [0.2, 0.25) is 0 Å². The first-order chi connectivity index (χ1) is 15.4. The third-order valence-electron chi connectivity index (χ3n) is 5.18. The summed E-state index contributed by atoms with van der Waals surface area (Å²) in [6.07, 6.45) is 2.35. The first kappa shape index (κ1) is 24.5. The summed E-state index contributed by atoms with van der Waals surface area (Å²) in [6.45, 7) is 6.49. The van der Waals surface area contributed by atoms with E-state index in [0.717, 1.165) is 0 Å². The lowest BCUT2D eigenvalue weighted by Crippen LogP contribution is -2.29. The molecule has 0 amide bonds. The molecule has 1 N–H and O–H groups in total. The number of fused-ring (bicyclic) bond motifs is 1. The zero-order valence-corrected chi connectivity index (χ0v) is 19.0. The number of halogens is 3. The van der Waals surface area contributed by atoms with Gasteiger partial charge in [-0.25, -0.2) is 8.42 Å². The van der Waals surface area contributed by atoms with Crippen molar-refractivity contribution in [1.82, 2.24) is 0 Å². The van der Waals surface area contributed by atoms with Crippen molar-refractivity contribution in [3.8, 4) is 0 Å². The maximum atomic E-state index is 10.7. The highest BCUT2D eigenvalue weighted by atomic mass is 32.2. The summed E-state index contributed by atoms with van der Waals surface area (Å²) in [5.74, 6) is 0. The highest BCUT2D eigenvalue weighted by Crippen LogP contribution is 2.35. The van der Waals surface area contributed by atoms with Crippen LogP contribution < -0.4 is 5.32 Å². The summed E-state index contributed by atoms with van der Waals surface area (Å²) in [4.78, 5) is 0. The second-order valence-corrected chi connectivity index (χ2v) is 9.09. The van der Waals surface area contributed by atoms with Crippen molar-refractivity contribution in [2.75, 3.05) is 5.32 Å². The number of nitrogens with one attached hydrogen (secondary N) is 1. The molecule has 0 bridgehead atoms. The predicted octanol–water partition coefficient (Wildman–Crippen LogP) is 5.55. The number of anilines is 1. The number of rotatable bonds is 2. The smallest absolute Gasteiger partial charge is 0.485 e. The molecule has 5 nitrogen and oxygen atoms in total. The second-order valence-electron chi connectivity index (χ2n) is 7.72. The van der Waals surface area contributed by atoms with Gasteiger partial charge in [0.2, 0.25) is 5.69 Å². The molecule has 1 atom stereocenters. The Bertz CT molecular complexity index is 1260. The average molecular weight is 477 g/mol. The van der Waals surface area contributed by atoms with E-state index in [-0.39, 0.29) is 6.17 Å². The van der Waals surface area contributed by atoms with Crippen molar-refractivity contribution >= 4 is 27.7 Å². The number of nitrogens with zero attached hydrogens (tertiary/aromatic N) is 1. The van der Waals surface area contributed by atoms with Crippen LogP contribution in [-0.2, 0) is 10.1 Å². The monoisotopic (exact) mass is 476 g/mol. The maximum absolute atomic E-state index is 10.7. The van der Waals surface area contributed by atoms with E-state index in [2.05, 4.69) is 104 Å². The lowest BCUT2D eigenvalue weighted by molar-refractivity contribution is -0.480. The van der Waals surface area contributed by atoms with Gasteiger partial charge >= 0.3 is 5.51 Å². The Balaban J connectivity index is 0.000000331. The quantitative estimate of drug-likeness (QED) is 0.299. The van der Waals surface area contributed by atoms with E-state index in [1.807, 2.05) is 0 Å². The van der Waals surface area contributed by atoms with Crippen LogP contribution >= 0.6 is 0 Å². The molecule has 0 saturated carbocycles. The summed E-state index contributed by atoms with van der Waals surface area (Å²) >= 11 is 0. The molecule has 0 saturated heterocycles. The molecule has 1 heterocycles. The Kier molecular flexibility index (Phi) is 6.94. The minimum atomic E-state index is -6.09. The van der Waals surface area contributed by atoms with Crippen molar-refractivity contribution in [3.05, 3.63) is 94.5 Å². The van der Waals surface area contributed by atoms with Gasteiger partial charge in [-0.1, -0.05) is 60.2 Å². The molecular weight excluding hydrogens is 453 g/mol. The molecule has 1 aliphatic heterocycles. The van der Waals surface area contributed by atoms with Gasteiger partial charge < -0.3 is 9.87 Å². The predicted molar refractivity (Wildman–Crippen MR) is 121 cm³/mol. The lowest BCUT2D eigenvalue weighted by atomic mass is 10.0. The van der Waals surface area contributed by atoms with Gasteiger partial charge in [0.1, 0.15) is 0 Å². The van der Waals surface area contributed by atoms with Gasteiger partial charge in [-0.05, 0) is 32.9 Å². The van der Waals surface area contributed by atoms with Gasteiger partial charge in [0.05, 0.1) is 11.3 Å². The van der Waals surface area contributed by atoms with Crippen molar-refractivity contribution < 1.29 is 30.7 Å². The molecule has 0 aromatic heterocycles. The fraction of sp³-hybridized carbons (Fsp3) is 0.208. The number of hydrogen-bond donors (Lipinski definition) is 1. The number of benzene rings is 3. The molecule has 0 aliphatic carbocycles. The minimum absolute atomic E-state index is 0.0790. The van der Waals surface area contributed by atoms with Crippen molar-refractivity contribution in [2.45, 2.75) is 32.4 Å². The van der Waals surface area contributed by atoms with E-state index in [0.29, 0.717) is 0 Å². The van der Waals surface area contributed by atoms with Crippen LogP contribution in [0.4, 0.5) is 24.5 Å². The van der Waals surface area contributed by atoms with Crippen LogP contribution in [0.5, 0.6) is 0 Å². The Morgan fingerprint density at radius 1 is 0.879 bits per heavy atom. The summed E-state index contributed by atoms with van der Waals surface area (Å²) < 4.78 is 61.3. The Labute approximate surface area is 191 Å². The van der Waals surface area contributed by atoms with Crippen LogP contribution in [0.25, 0.3) is 0 Å². The lowest BCUT2D eigenvalue weighted by Gasteiger charge is -2.25. The standard InChI is InChI=1S/C23H22N2.CHF3O3S/c1-16-11-13-19(14-12-16)23-24-21-10-5-4-9-20(21)15-25(23)22-17(2)7-6-8-18(22)3;2-1(3,4)8(5,6)7/h4-15,23H,1-3H3;(H,5,6,7). The largest absolute Gasteiger partial charge is 0.741 e. The first-order valence-electron chi connectivity index (χ1n) is 10.0. The fourth-order valence-corrected chi connectivity index (χ4v) is 3.58. The second kappa shape index (κ2) is 9.36. The molecule has 3 aromatic carbocycles. The molecule has 0 fully saturated rings. The summed E-state index contributed by atoms with van der Waals surface area (Å²) in [5.41, 5.74) is 3.14. The Hall–Kier alpha value is -3.17. The SMILES string of the molecule is Cc1ccc(C2Nc3ccccc3C=[N+]2c2c(C)cccc2C)cc1.O=S(=O)([O-])C(F)(F)F. The third-order valence-corrected chi connectivity index (χ3v) is 5.75. The van der Waals surface area contributed by atoms with Crippen LogP contribution in [0.15, 0.2) is 66.7 Å². The summed E-state index contributed by atoms with van der Waals surface area (Å²) in [7, 11) is -6.09. The minimum Gasteiger partial charge on any atom is -0.741 e. The van der Waals surface area contributed by atoms with E-state index in [1.54, 1.807) is 0 Å². The van der Waals surface area contributed by atoms with Crippen molar-refractivity contribution in [3.63, 3.8) is 0 Å². The van der Waals surface area contributed by atoms with Gasteiger partial charge in [0.15, 0.2) is 16.3 Å². The Morgan fingerprint density at radius 2 is 1.42 bits per heavy atom. The third kappa shape index (κ3) is 5.61. The molecule has 9 heteroatoms. The Morgan fingerprint density at radius 3 is 1.97 bits per heavy atom. The molecule has 1 aliphatic rings. The average Bonchev–Trinajstić information content (AvgIpc) is 2.73. The number of para-hydroxylation sites is 2. The number of alkyl halides is 3. The molecule has 0 spiro atoms. The van der Waals surface area contributed by atoms with Gasteiger partial charge in [0.25, 0.3) is 6.17 Å². The maximum Gasteiger partial charge on any atom is 0.485 e. The van der Waals surface area contributed by atoms with E-state index >= 15 is 0 Å². The van der Waals surface area contributed by atoms with Crippen LogP contribution in [0, 0.1) is 20.8 Å². The fourth-order valence-electron chi connectivity index (χ4n) is 3.58. The van der Waals surface area contributed by atoms with E-state index in [1.165, 1.54) is 39.2 Å².